The van der Waals surface area contributed by atoms with Crippen LogP contribution < -0.4 is 5.32 Å². The molecule has 6 nitrogen and oxygen atoms in total. The molecule has 0 aliphatic rings. The smallest absolute Gasteiger partial charge is 0.306 e. The molecular weight excluding hydrogens is 719 g/mol. The summed E-state index contributed by atoms with van der Waals surface area (Å²) >= 11 is 0. The van der Waals surface area contributed by atoms with E-state index in [4.69, 9.17) is 4.74 Å². The quantitative estimate of drug-likeness (QED) is 0.0247. The third kappa shape index (κ3) is 40.1. The second-order valence-corrected chi connectivity index (χ2v) is 16.2. The molecular formula is C52H91NO5. The van der Waals surface area contributed by atoms with Crippen LogP contribution in [0.4, 0.5) is 0 Å². The number of carbonyl (C=O) groups is 2. The van der Waals surface area contributed by atoms with Crippen LogP contribution in [0.15, 0.2) is 72.9 Å². The van der Waals surface area contributed by atoms with E-state index in [1.165, 1.54) is 70.6 Å². The van der Waals surface area contributed by atoms with Crippen LogP contribution in [0.3, 0.4) is 0 Å². The molecule has 58 heavy (non-hydrogen) atoms. The number of hydrogen-bond donors (Lipinski definition) is 3. The van der Waals surface area contributed by atoms with Crippen molar-refractivity contribution in [2.75, 3.05) is 6.61 Å². The summed E-state index contributed by atoms with van der Waals surface area (Å²) in [5, 5.41) is 23.7. The molecule has 0 aliphatic heterocycles. The van der Waals surface area contributed by atoms with E-state index < -0.39 is 18.2 Å². The van der Waals surface area contributed by atoms with Gasteiger partial charge in [0.05, 0.1) is 25.2 Å². The largest absolute Gasteiger partial charge is 0.462 e. The van der Waals surface area contributed by atoms with Gasteiger partial charge in [-0.1, -0.05) is 203 Å². The zero-order valence-electron chi connectivity index (χ0n) is 37.9. The van der Waals surface area contributed by atoms with Crippen LogP contribution in [0.2, 0.25) is 0 Å². The number of hydrogen-bond acceptors (Lipinski definition) is 5. The molecule has 0 radical (unpaired) electrons. The van der Waals surface area contributed by atoms with E-state index in [0.717, 1.165) is 103 Å². The van der Waals surface area contributed by atoms with E-state index in [-0.39, 0.29) is 24.9 Å². The van der Waals surface area contributed by atoms with Crippen molar-refractivity contribution in [1.29, 1.82) is 0 Å². The van der Waals surface area contributed by atoms with E-state index in [1.54, 1.807) is 0 Å². The number of ether oxygens (including phenoxy) is 1. The van der Waals surface area contributed by atoms with Gasteiger partial charge >= 0.3 is 5.97 Å². The van der Waals surface area contributed by atoms with E-state index in [9.17, 15) is 19.8 Å². The fourth-order valence-electron chi connectivity index (χ4n) is 6.97. The summed E-state index contributed by atoms with van der Waals surface area (Å²) in [5.41, 5.74) is 0. The Morgan fingerprint density at radius 2 is 1.02 bits per heavy atom. The minimum atomic E-state index is -0.803. The predicted molar refractivity (Wildman–Crippen MR) is 250 cm³/mol. The van der Waals surface area contributed by atoms with Crippen molar-refractivity contribution in [3.8, 4) is 0 Å². The molecule has 3 N–H and O–H groups in total. The lowest BCUT2D eigenvalue weighted by Gasteiger charge is -2.24. The molecule has 0 saturated heterocycles. The Bertz CT molecular complexity index is 1090. The zero-order valence-corrected chi connectivity index (χ0v) is 37.9. The second kappa shape index (κ2) is 45.4. The Labute approximate surface area is 358 Å². The van der Waals surface area contributed by atoms with Crippen LogP contribution >= 0.6 is 0 Å². The summed E-state index contributed by atoms with van der Waals surface area (Å²) in [7, 11) is 0. The molecule has 3 atom stereocenters. The Morgan fingerprint density at radius 1 is 0.534 bits per heavy atom. The summed E-state index contributed by atoms with van der Waals surface area (Å²) < 4.78 is 5.88. The molecule has 0 spiro atoms. The number of aliphatic hydroxyl groups is 2. The lowest BCUT2D eigenvalue weighted by Crippen LogP contribution is -2.46. The van der Waals surface area contributed by atoms with Gasteiger partial charge in [-0.3, -0.25) is 9.59 Å². The van der Waals surface area contributed by atoms with Crippen molar-refractivity contribution in [2.45, 2.75) is 238 Å². The van der Waals surface area contributed by atoms with Crippen LogP contribution in [-0.4, -0.2) is 46.9 Å². The number of unbranched alkanes of at least 4 members (excludes halogenated alkanes) is 20. The summed E-state index contributed by atoms with van der Waals surface area (Å²) in [6, 6.07) is -0.720. The monoisotopic (exact) mass is 810 g/mol. The van der Waals surface area contributed by atoms with Crippen LogP contribution in [0.5, 0.6) is 0 Å². The number of carbonyl (C=O) groups excluding carboxylic acids is 2. The summed E-state index contributed by atoms with van der Waals surface area (Å²) in [5.74, 6) is -0.541. The van der Waals surface area contributed by atoms with Gasteiger partial charge in [-0.05, 0) is 77.0 Å². The molecule has 0 rings (SSSR count). The average Bonchev–Trinajstić information content (AvgIpc) is 3.22. The maximum Gasteiger partial charge on any atom is 0.306 e. The average molecular weight is 810 g/mol. The van der Waals surface area contributed by atoms with Crippen molar-refractivity contribution >= 4 is 11.9 Å². The summed E-state index contributed by atoms with van der Waals surface area (Å²) in [6.07, 6.45) is 56.8. The normalized spacial score (nSPS) is 13.9. The second-order valence-electron chi connectivity index (χ2n) is 16.2. The Kier molecular flexibility index (Phi) is 43.3. The molecule has 0 heterocycles. The molecule has 1 amide bonds. The van der Waals surface area contributed by atoms with Gasteiger partial charge < -0.3 is 20.3 Å². The number of aliphatic hydroxyl groups excluding tert-OH is 2. The maximum atomic E-state index is 13.2. The first kappa shape index (κ1) is 55.3. The van der Waals surface area contributed by atoms with Gasteiger partial charge in [-0.15, -0.1) is 0 Å². The van der Waals surface area contributed by atoms with Gasteiger partial charge in [0.15, 0.2) is 0 Å². The van der Waals surface area contributed by atoms with Crippen molar-refractivity contribution in [3.63, 3.8) is 0 Å². The highest BCUT2D eigenvalue weighted by molar-refractivity contribution is 5.77. The van der Waals surface area contributed by atoms with Crippen LogP contribution in [-0.2, 0) is 14.3 Å². The van der Waals surface area contributed by atoms with Crippen LogP contribution in [0, 0.1) is 0 Å². The SMILES string of the molecule is CC/C=C/C=C/C=C\CCCCCCCC(=O)OC(CCCC/C=C/C/C=C/C/C=C/CC)CC(=O)NC(CO)C(O)CCCCCCCCCCCCCCCC. The highest BCUT2D eigenvalue weighted by Gasteiger charge is 2.24. The lowest BCUT2D eigenvalue weighted by molar-refractivity contribution is -0.151. The lowest BCUT2D eigenvalue weighted by atomic mass is 10.0. The minimum absolute atomic E-state index is 0.0402. The van der Waals surface area contributed by atoms with Crippen molar-refractivity contribution in [3.05, 3.63) is 72.9 Å². The van der Waals surface area contributed by atoms with Gasteiger partial charge in [0.1, 0.15) is 6.10 Å². The zero-order chi connectivity index (χ0) is 42.4. The maximum absolute atomic E-state index is 13.2. The van der Waals surface area contributed by atoms with Gasteiger partial charge in [0.2, 0.25) is 5.91 Å². The van der Waals surface area contributed by atoms with Gasteiger partial charge in [0, 0.05) is 6.42 Å². The van der Waals surface area contributed by atoms with Gasteiger partial charge in [-0.25, -0.2) is 0 Å². The highest BCUT2D eigenvalue weighted by atomic mass is 16.5. The van der Waals surface area contributed by atoms with E-state index in [2.05, 4.69) is 99.0 Å². The first-order valence-corrected chi connectivity index (χ1v) is 24.2. The van der Waals surface area contributed by atoms with E-state index in [1.807, 2.05) is 0 Å². The fourth-order valence-corrected chi connectivity index (χ4v) is 6.97. The van der Waals surface area contributed by atoms with Crippen molar-refractivity contribution in [2.24, 2.45) is 0 Å². The Balaban J connectivity index is 4.64. The number of amides is 1. The van der Waals surface area contributed by atoms with E-state index in [0.29, 0.717) is 19.3 Å². The standard InChI is InChI=1S/C52H91NO5/c1-4-7-10-13-16-19-22-25-27-29-32-35-38-41-44-50(55)49(47-54)53-51(56)46-48(43-40-37-34-31-28-24-21-18-15-12-9-6-3)58-52(57)45-42-39-36-33-30-26-23-20-17-14-11-8-5-2/h8-9,11-12,14,17-18,20-21,23,28,31,48-50,54-55H,4-7,10,13,15-16,19,22,24-27,29-30,32-47H2,1-3H3,(H,53,56)/b11-8+,12-9+,17-14+,21-18+,23-20-,31-28+. The van der Waals surface area contributed by atoms with Crippen molar-refractivity contribution < 1.29 is 24.5 Å². The topological polar surface area (TPSA) is 95.9 Å². The summed E-state index contributed by atoms with van der Waals surface area (Å²) in [4.78, 5) is 26.0. The Morgan fingerprint density at radius 3 is 1.62 bits per heavy atom. The third-order valence-electron chi connectivity index (χ3n) is 10.6. The van der Waals surface area contributed by atoms with Crippen molar-refractivity contribution in [1.82, 2.24) is 5.32 Å². The highest BCUT2D eigenvalue weighted by Crippen LogP contribution is 2.17. The predicted octanol–water partition coefficient (Wildman–Crippen LogP) is 14.2. The summed E-state index contributed by atoms with van der Waals surface area (Å²) in [6.45, 7) is 6.21. The molecule has 0 aliphatic carbocycles. The van der Waals surface area contributed by atoms with Gasteiger partial charge in [0.25, 0.3) is 0 Å². The first-order chi connectivity index (χ1) is 28.5. The first-order valence-electron chi connectivity index (χ1n) is 24.2. The molecule has 6 heteroatoms. The number of esters is 1. The third-order valence-corrected chi connectivity index (χ3v) is 10.6. The molecule has 0 bridgehead atoms. The molecule has 0 saturated carbocycles. The van der Waals surface area contributed by atoms with E-state index >= 15 is 0 Å². The minimum Gasteiger partial charge on any atom is -0.462 e. The Hall–Kier alpha value is -2.70. The number of allylic oxidation sites excluding steroid dienone is 12. The number of nitrogens with one attached hydrogen (secondary N) is 1. The molecule has 0 aromatic heterocycles. The molecule has 0 aromatic carbocycles. The number of rotatable bonds is 42. The molecule has 0 aromatic rings. The van der Waals surface area contributed by atoms with Gasteiger partial charge in [-0.2, -0.15) is 0 Å². The fraction of sp³-hybridized carbons (Fsp3) is 0.731. The van der Waals surface area contributed by atoms with Crippen LogP contribution in [0.1, 0.15) is 220 Å². The molecule has 3 unspecified atom stereocenters. The molecule has 334 valence electrons. The van der Waals surface area contributed by atoms with Crippen LogP contribution in [0.25, 0.3) is 0 Å². The molecule has 0 fully saturated rings.